The van der Waals surface area contributed by atoms with Crippen LogP contribution in [0.15, 0.2) is 78.9 Å². The van der Waals surface area contributed by atoms with Crippen molar-refractivity contribution in [3.63, 3.8) is 0 Å². The molecule has 0 heterocycles. The quantitative estimate of drug-likeness (QED) is 0.369. The molecule has 0 heteroatoms. The lowest BCUT2D eigenvalue weighted by Gasteiger charge is -2.16. The fourth-order valence-electron chi connectivity index (χ4n) is 3.70. The maximum Gasteiger partial charge on any atom is 0.00867 e. The Morgan fingerprint density at radius 2 is 1.19 bits per heavy atom. The Morgan fingerprint density at radius 1 is 0.615 bits per heavy atom. The van der Waals surface area contributed by atoms with Gasteiger partial charge in [0.2, 0.25) is 0 Å². The molecule has 0 radical (unpaired) electrons. The number of unbranched alkanes of at least 4 members (excludes halogenated alkanes) is 2. The molecule has 0 fully saturated rings. The molecule has 134 valence electrons. The van der Waals surface area contributed by atoms with E-state index in [4.69, 9.17) is 0 Å². The van der Waals surface area contributed by atoms with Crippen LogP contribution in [0, 0.1) is 0 Å². The Morgan fingerprint density at radius 3 is 1.77 bits per heavy atom. The molecule has 0 aromatic heterocycles. The van der Waals surface area contributed by atoms with E-state index in [1.54, 1.807) is 0 Å². The van der Waals surface area contributed by atoms with E-state index >= 15 is 0 Å². The second-order valence-corrected chi connectivity index (χ2v) is 7.15. The fourth-order valence-corrected chi connectivity index (χ4v) is 3.70. The summed E-state index contributed by atoms with van der Waals surface area (Å²) in [6.07, 6.45) is 6.22. The maximum atomic E-state index is 2.30. The van der Waals surface area contributed by atoms with Crippen molar-refractivity contribution in [1.82, 2.24) is 0 Å². The van der Waals surface area contributed by atoms with Crippen LogP contribution in [0.4, 0.5) is 0 Å². The zero-order chi connectivity index (χ0) is 18.2. The molecule has 0 bridgehead atoms. The van der Waals surface area contributed by atoms with Crippen LogP contribution in [-0.2, 0) is 6.42 Å². The van der Waals surface area contributed by atoms with E-state index in [2.05, 4.69) is 92.7 Å². The van der Waals surface area contributed by atoms with Gasteiger partial charge in [-0.25, -0.2) is 0 Å². The SMILES string of the molecule is CCCCCc1ccc(-c2ccc(C(CC)c3ccccc3)cc2)cc1. The van der Waals surface area contributed by atoms with Crippen molar-refractivity contribution in [1.29, 1.82) is 0 Å². The molecule has 0 aliphatic heterocycles. The first kappa shape index (κ1) is 18.5. The highest BCUT2D eigenvalue weighted by Crippen LogP contribution is 2.29. The summed E-state index contributed by atoms with van der Waals surface area (Å²) in [6.45, 7) is 4.52. The minimum atomic E-state index is 0.478. The standard InChI is InChI=1S/C26H30/c1-3-5-7-10-21-13-15-22(16-14-21)23-17-19-25(20-18-23)26(4-2)24-11-8-6-9-12-24/h6,8-9,11-20,26H,3-5,7,10H2,1-2H3. The summed E-state index contributed by atoms with van der Waals surface area (Å²) < 4.78 is 0. The molecular weight excluding hydrogens is 312 g/mol. The highest BCUT2D eigenvalue weighted by Gasteiger charge is 2.11. The number of hydrogen-bond donors (Lipinski definition) is 0. The molecule has 0 N–H and O–H groups in total. The van der Waals surface area contributed by atoms with Crippen LogP contribution < -0.4 is 0 Å². The maximum absolute atomic E-state index is 2.30. The predicted molar refractivity (Wildman–Crippen MR) is 114 cm³/mol. The normalized spacial score (nSPS) is 12.1. The van der Waals surface area contributed by atoms with E-state index in [0.29, 0.717) is 5.92 Å². The monoisotopic (exact) mass is 342 g/mol. The van der Waals surface area contributed by atoms with Gasteiger partial charge in [-0.15, -0.1) is 0 Å². The predicted octanol–water partition coefficient (Wildman–Crippen LogP) is 7.63. The Kier molecular flexibility index (Phi) is 6.66. The van der Waals surface area contributed by atoms with Gasteiger partial charge in [0.1, 0.15) is 0 Å². The molecule has 1 unspecified atom stereocenters. The van der Waals surface area contributed by atoms with Gasteiger partial charge < -0.3 is 0 Å². The summed E-state index contributed by atoms with van der Waals surface area (Å²) in [5.41, 5.74) is 6.87. The average molecular weight is 343 g/mol. The van der Waals surface area contributed by atoms with Crippen LogP contribution in [0.25, 0.3) is 11.1 Å². The fraction of sp³-hybridized carbons (Fsp3) is 0.308. The first-order valence-electron chi connectivity index (χ1n) is 10.1. The van der Waals surface area contributed by atoms with Gasteiger partial charge in [0, 0.05) is 5.92 Å². The van der Waals surface area contributed by atoms with Gasteiger partial charge in [0.05, 0.1) is 0 Å². The Labute approximate surface area is 158 Å². The van der Waals surface area contributed by atoms with Crippen molar-refractivity contribution in [3.05, 3.63) is 95.6 Å². The third-order valence-electron chi connectivity index (χ3n) is 5.28. The molecule has 26 heavy (non-hydrogen) atoms. The van der Waals surface area contributed by atoms with Crippen LogP contribution >= 0.6 is 0 Å². The van der Waals surface area contributed by atoms with Crippen LogP contribution in [0.1, 0.15) is 62.1 Å². The van der Waals surface area contributed by atoms with Gasteiger partial charge in [-0.1, -0.05) is 106 Å². The van der Waals surface area contributed by atoms with Crippen LogP contribution in [0.2, 0.25) is 0 Å². The molecular formula is C26H30. The summed E-state index contributed by atoms with van der Waals surface area (Å²) in [5.74, 6) is 0.478. The molecule has 0 aliphatic carbocycles. The van der Waals surface area contributed by atoms with E-state index in [0.717, 1.165) is 6.42 Å². The first-order chi connectivity index (χ1) is 12.8. The van der Waals surface area contributed by atoms with Gasteiger partial charge >= 0.3 is 0 Å². The average Bonchev–Trinajstić information content (AvgIpc) is 2.71. The van der Waals surface area contributed by atoms with Gasteiger partial charge in [0.25, 0.3) is 0 Å². The van der Waals surface area contributed by atoms with Crippen molar-refractivity contribution in [2.75, 3.05) is 0 Å². The molecule has 0 saturated carbocycles. The lowest BCUT2D eigenvalue weighted by atomic mass is 9.88. The lowest BCUT2D eigenvalue weighted by Crippen LogP contribution is -1.99. The zero-order valence-electron chi connectivity index (χ0n) is 16.1. The van der Waals surface area contributed by atoms with E-state index in [-0.39, 0.29) is 0 Å². The summed E-state index contributed by atoms with van der Waals surface area (Å²) in [4.78, 5) is 0. The van der Waals surface area contributed by atoms with Crippen molar-refractivity contribution in [2.45, 2.75) is 51.9 Å². The van der Waals surface area contributed by atoms with Gasteiger partial charge in [-0.05, 0) is 47.1 Å². The highest BCUT2D eigenvalue weighted by atomic mass is 14.2. The Hall–Kier alpha value is -2.34. The Bertz CT molecular complexity index is 767. The molecule has 0 aliphatic rings. The van der Waals surface area contributed by atoms with Crippen molar-refractivity contribution >= 4 is 0 Å². The highest BCUT2D eigenvalue weighted by molar-refractivity contribution is 5.64. The van der Waals surface area contributed by atoms with Gasteiger partial charge in [-0.3, -0.25) is 0 Å². The van der Waals surface area contributed by atoms with E-state index in [9.17, 15) is 0 Å². The lowest BCUT2D eigenvalue weighted by molar-refractivity contribution is 0.717. The number of aryl methyl sites for hydroxylation is 1. The van der Waals surface area contributed by atoms with Crippen LogP contribution in [0.5, 0.6) is 0 Å². The third-order valence-corrected chi connectivity index (χ3v) is 5.28. The molecule has 0 nitrogen and oxygen atoms in total. The van der Waals surface area contributed by atoms with E-state index < -0.39 is 0 Å². The largest absolute Gasteiger partial charge is 0.0654 e. The smallest absolute Gasteiger partial charge is 0.00867 e. The van der Waals surface area contributed by atoms with Crippen molar-refractivity contribution in [2.24, 2.45) is 0 Å². The molecule has 3 rings (SSSR count). The minimum absolute atomic E-state index is 0.478. The van der Waals surface area contributed by atoms with Crippen LogP contribution in [0.3, 0.4) is 0 Å². The zero-order valence-corrected chi connectivity index (χ0v) is 16.1. The summed E-state index contributed by atoms with van der Waals surface area (Å²) in [5, 5.41) is 0. The molecule has 3 aromatic carbocycles. The second kappa shape index (κ2) is 9.38. The number of hydrogen-bond acceptors (Lipinski definition) is 0. The van der Waals surface area contributed by atoms with Crippen molar-refractivity contribution in [3.8, 4) is 11.1 Å². The van der Waals surface area contributed by atoms with Gasteiger partial charge in [0.15, 0.2) is 0 Å². The molecule has 0 amide bonds. The van der Waals surface area contributed by atoms with Gasteiger partial charge in [-0.2, -0.15) is 0 Å². The Balaban J connectivity index is 1.73. The van der Waals surface area contributed by atoms with Crippen molar-refractivity contribution < 1.29 is 0 Å². The molecule has 1 atom stereocenters. The first-order valence-corrected chi connectivity index (χ1v) is 10.1. The molecule has 0 spiro atoms. The van der Waals surface area contributed by atoms with E-state index in [1.807, 2.05) is 0 Å². The summed E-state index contributed by atoms with van der Waals surface area (Å²) in [6, 6.07) is 29.1. The van der Waals surface area contributed by atoms with Crippen LogP contribution in [-0.4, -0.2) is 0 Å². The third kappa shape index (κ3) is 4.64. The number of rotatable bonds is 8. The molecule has 0 saturated heterocycles. The number of benzene rings is 3. The summed E-state index contributed by atoms with van der Waals surface area (Å²) in [7, 11) is 0. The van der Waals surface area contributed by atoms with E-state index in [1.165, 1.54) is 53.5 Å². The topological polar surface area (TPSA) is 0 Å². The minimum Gasteiger partial charge on any atom is -0.0654 e. The molecule has 3 aromatic rings. The second-order valence-electron chi connectivity index (χ2n) is 7.15. The summed E-state index contributed by atoms with van der Waals surface area (Å²) >= 11 is 0.